The van der Waals surface area contributed by atoms with Crippen molar-refractivity contribution in [3.05, 3.63) is 11.6 Å². The molecule has 7 nitrogen and oxygen atoms in total. The number of carbonyl (C=O) groups is 3. The van der Waals surface area contributed by atoms with Gasteiger partial charge in [0.1, 0.15) is 6.04 Å². The van der Waals surface area contributed by atoms with E-state index in [4.69, 9.17) is 4.74 Å². The van der Waals surface area contributed by atoms with Crippen molar-refractivity contribution in [3.8, 4) is 0 Å². The van der Waals surface area contributed by atoms with Crippen molar-refractivity contribution in [2.24, 2.45) is 17.8 Å². The number of hydrogen-bond donors (Lipinski definition) is 1. The maximum absolute atomic E-state index is 13.5. The van der Waals surface area contributed by atoms with Crippen LogP contribution in [-0.4, -0.2) is 72.0 Å². The summed E-state index contributed by atoms with van der Waals surface area (Å²) in [6.45, 7) is 19.0. The predicted molar refractivity (Wildman–Crippen MR) is 133 cm³/mol. The molecule has 190 valence electrons. The van der Waals surface area contributed by atoms with Gasteiger partial charge in [0.25, 0.3) is 0 Å². The lowest BCUT2D eigenvalue weighted by atomic mass is 9.91. The number of carbonyl (C=O) groups excluding carboxylic acids is 3. The van der Waals surface area contributed by atoms with Gasteiger partial charge in [-0.3, -0.25) is 14.5 Å². The molecular formula is C26H47N3O4. The Morgan fingerprint density at radius 3 is 2.18 bits per heavy atom. The van der Waals surface area contributed by atoms with E-state index in [-0.39, 0.29) is 47.7 Å². The Balaban J connectivity index is 3.07. The average molecular weight is 466 g/mol. The predicted octanol–water partition coefficient (Wildman–Crippen LogP) is 3.63. The maximum Gasteiger partial charge on any atom is 0.333 e. The number of amides is 2. The third-order valence-corrected chi connectivity index (χ3v) is 6.55. The van der Waals surface area contributed by atoms with Gasteiger partial charge in [-0.2, -0.15) is 0 Å². The number of nitrogens with zero attached hydrogens (tertiary/aromatic N) is 2. The van der Waals surface area contributed by atoms with Crippen molar-refractivity contribution in [1.82, 2.24) is 15.1 Å². The fourth-order valence-corrected chi connectivity index (χ4v) is 4.49. The molecular weight excluding hydrogens is 418 g/mol. The van der Waals surface area contributed by atoms with Crippen molar-refractivity contribution in [1.29, 1.82) is 0 Å². The summed E-state index contributed by atoms with van der Waals surface area (Å²) in [6, 6.07) is -0.871. The van der Waals surface area contributed by atoms with Gasteiger partial charge >= 0.3 is 5.97 Å². The van der Waals surface area contributed by atoms with E-state index in [0.29, 0.717) is 18.1 Å². The summed E-state index contributed by atoms with van der Waals surface area (Å²) in [6.07, 6.45) is 3.60. The summed E-state index contributed by atoms with van der Waals surface area (Å²) in [5.74, 6) is -0.0186. The van der Waals surface area contributed by atoms with Crippen LogP contribution in [0.5, 0.6) is 0 Å². The molecule has 1 N–H and O–H groups in total. The Labute approximate surface area is 201 Å². The highest BCUT2D eigenvalue weighted by molar-refractivity contribution is 5.91. The molecule has 2 amide bonds. The van der Waals surface area contributed by atoms with Crippen LogP contribution in [0.2, 0.25) is 0 Å². The Kier molecular flexibility index (Phi) is 11.6. The van der Waals surface area contributed by atoms with Gasteiger partial charge in [0.05, 0.1) is 18.7 Å². The number of likely N-dealkylation sites (tertiary alicyclic amines) is 1. The van der Waals surface area contributed by atoms with Crippen LogP contribution in [0.1, 0.15) is 75.2 Å². The van der Waals surface area contributed by atoms with Crippen LogP contribution in [0.15, 0.2) is 11.6 Å². The van der Waals surface area contributed by atoms with E-state index < -0.39 is 6.04 Å². The van der Waals surface area contributed by atoms with E-state index >= 15 is 0 Å². The molecule has 1 aliphatic heterocycles. The molecule has 0 aromatic rings. The van der Waals surface area contributed by atoms with Crippen molar-refractivity contribution in [3.63, 3.8) is 0 Å². The zero-order valence-electron chi connectivity index (χ0n) is 22.5. The lowest BCUT2D eigenvalue weighted by Crippen LogP contribution is -2.59. The Morgan fingerprint density at radius 2 is 1.70 bits per heavy atom. The van der Waals surface area contributed by atoms with Gasteiger partial charge in [0.15, 0.2) is 0 Å². The number of likely N-dealkylation sites (N-methyl/N-ethyl adjacent to an activating group) is 1. The Morgan fingerprint density at radius 1 is 1.09 bits per heavy atom. The van der Waals surface area contributed by atoms with E-state index in [1.54, 1.807) is 31.9 Å². The maximum atomic E-state index is 13.5. The lowest BCUT2D eigenvalue weighted by molar-refractivity contribution is -0.140. The van der Waals surface area contributed by atoms with Crippen molar-refractivity contribution in [2.45, 2.75) is 99.3 Å². The number of esters is 1. The van der Waals surface area contributed by atoms with Gasteiger partial charge in [-0.15, -0.1) is 0 Å². The van der Waals surface area contributed by atoms with E-state index in [0.717, 1.165) is 19.4 Å². The van der Waals surface area contributed by atoms with Crippen LogP contribution in [0, 0.1) is 17.8 Å². The first-order chi connectivity index (χ1) is 15.3. The Hall–Kier alpha value is -1.89. The number of piperidine rings is 1. The van der Waals surface area contributed by atoms with Crippen LogP contribution in [0.3, 0.4) is 0 Å². The van der Waals surface area contributed by atoms with E-state index in [9.17, 15) is 14.4 Å². The zero-order valence-corrected chi connectivity index (χ0v) is 22.5. The molecule has 0 aromatic carbocycles. The first kappa shape index (κ1) is 29.1. The number of nitrogens with one attached hydrogen (secondary N) is 1. The summed E-state index contributed by atoms with van der Waals surface area (Å²) < 4.78 is 5.09. The highest BCUT2D eigenvalue weighted by atomic mass is 16.5. The minimum atomic E-state index is -0.631. The molecule has 1 aliphatic rings. The second-order valence-electron chi connectivity index (χ2n) is 10.5. The fourth-order valence-electron chi connectivity index (χ4n) is 4.49. The molecule has 1 heterocycles. The second kappa shape index (κ2) is 13.1. The standard InChI is InChI=1S/C26H47N3O4/c1-11-33-26(32)20(9)14-22(16(2)3)28(10)25(31)23(17(4)5)27-24(30)21-13-12-19(8)15-29(21)18(6)7/h14,16-19,21-23H,11-13,15H2,1-10H3,(H,27,30)/b20-14+/t19-,21?,22+,23-/m0/s1. The summed E-state index contributed by atoms with van der Waals surface area (Å²) >= 11 is 0. The first-order valence-corrected chi connectivity index (χ1v) is 12.5. The van der Waals surface area contributed by atoms with E-state index in [1.165, 1.54) is 0 Å². The first-order valence-electron chi connectivity index (χ1n) is 12.5. The molecule has 0 aromatic heterocycles. The van der Waals surface area contributed by atoms with E-state index in [2.05, 4.69) is 31.0 Å². The molecule has 7 heteroatoms. The van der Waals surface area contributed by atoms with Crippen molar-refractivity contribution in [2.75, 3.05) is 20.2 Å². The van der Waals surface area contributed by atoms with Crippen LogP contribution < -0.4 is 5.32 Å². The largest absolute Gasteiger partial charge is 0.463 e. The molecule has 33 heavy (non-hydrogen) atoms. The average Bonchev–Trinajstić information content (AvgIpc) is 2.73. The lowest BCUT2D eigenvalue weighted by Gasteiger charge is -2.41. The van der Waals surface area contributed by atoms with Crippen LogP contribution in [0.4, 0.5) is 0 Å². The quantitative estimate of drug-likeness (QED) is 0.394. The highest BCUT2D eigenvalue weighted by Crippen LogP contribution is 2.24. The molecule has 1 unspecified atom stereocenters. The fraction of sp³-hybridized carbons (Fsp3) is 0.808. The molecule has 1 saturated heterocycles. The molecule has 0 radical (unpaired) electrons. The zero-order chi connectivity index (χ0) is 25.5. The molecule has 0 aliphatic carbocycles. The monoisotopic (exact) mass is 465 g/mol. The van der Waals surface area contributed by atoms with Crippen LogP contribution >= 0.6 is 0 Å². The topological polar surface area (TPSA) is 79.0 Å². The molecule has 0 bridgehead atoms. The molecule has 0 saturated carbocycles. The van der Waals surface area contributed by atoms with Gasteiger partial charge in [-0.05, 0) is 58.3 Å². The minimum Gasteiger partial charge on any atom is -0.463 e. The summed E-state index contributed by atoms with van der Waals surface area (Å²) in [5.41, 5.74) is 0.476. The molecule has 4 atom stereocenters. The van der Waals surface area contributed by atoms with Gasteiger partial charge < -0.3 is 15.0 Å². The number of hydrogen-bond acceptors (Lipinski definition) is 5. The second-order valence-corrected chi connectivity index (χ2v) is 10.5. The number of ether oxygens (including phenoxy) is 1. The highest BCUT2D eigenvalue weighted by Gasteiger charge is 2.37. The third kappa shape index (κ3) is 8.13. The SMILES string of the molecule is CCOC(=O)/C(C)=C/[C@H](C(C)C)N(C)C(=O)[C@@H](NC(=O)C1CC[C@H](C)CN1C(C)C)C(C)C. The van der Waals surface area contributed by atoms with Gasteiger partial charge in [-0.25, -0.2) is 4.79 Å². The molecule has 1 rings (SSSR count). The summed E-state index contributed by atoms with van der Waals surface area (Å²) in [4.78, 5) is 42.9. The summed E-state index contributed by atoms with van der Waals surface area (Å²) in [7, 11) is 1.74. The Bertz CT molecular complexity index is 702. The normalized spacial score (nSPS) is 21.8. The van der Waals surface area contributed by atoms with Gasteiger partial charge in [-0.1, -0.05) is 40.7 Å². The number of rotatable bonds is 10. The molecule has 0 spiro atoms. The van der Waals surface area contributed by atoms with Crippen LogP contribution in [-0.2, 0) is 19.1 Å². The van der Waals surface area contributed by atoms with Crippen molar-refractivity contribution >= 4 is 17.8 Å². The van der Waals surface area contributed by atoms with E-state index in [1.807, 2.05) is 27.7 Å². The minimum absolute atomic E-state index is 0.0677. The van der Waals surface area contributed by atoms with Gasteiger partial charge in [0.2, 0.25) is 11.8 Å². The molecule has 1 fully saturated rings. The third-order valence-electron chi connectivity index (χ3n) is 6.55. The summed E-state index contributed by atoms with van der Waals surface area (Å²) in [5, 5.41) is 3.07. The van der Waals surface area contributed by atoms with Crippen LogP contribution in [0.25, 0.3) is 0 Å². The van der Waals surface area contributed by atoms with Gasteiger partial charge in [0, 0.05) is 25.2 Å². The smallest absolute Gasteiger partial charge is 0.333 e. The van der Waals surface area contributed by atoms with Crippen molar-refractivity contribution < 1.29 is 19.1 Å².